The zero-order valence-corrected chi connectivity index (χ0v) is 32.7. The van der Waals surface area contributed by atoms with Gasteiger partial charge >= 0.3 is 0 Å². The molecule has 6 aliphatic rings. The number of para-hydroxylation sites is 1. The van der Waals surface area contributed by atoms with E-state index < -0.39 is 0 Å². The molecule has 274 valence electrons. The monoisotopic (exact) mass is 717 g/mol. The maximum absolute atomic E-state index is 6.94. The van der Waals surface area contributed by atoms with Gasteiger partial charge in [-0.2, -0.15) is 0 Å². The second-order valence-electron chi connectivity index (χ2n) is 18.8. The van der Waals surface area contributed by atoms with Gasteiger partial charge < -0.3 is 9.64 Å². The van der Waals surface area contributed by atoms with Crippen molar-refractivity contribution in [2.24, 2.45) is 23.7 Å². The average Bonchev–Trinajstić information content (AvgIpc) is 3.62. The van der Waals surface area contributed by atoms with E-state index in [0.29, 0.717) is 11.8 Å². The van der Waals surface area contributed by atoms with Crippen LogP contribution in [-0.2, 0) is 16.2 Å². The summed E-state index contributed by atoms with van der Waals surface area (Å²) in [7, 11) is 0. The highest BCUT2D eigenvalue weighted by Crippen LogP contribution is 2.73. The third kappa shape index (κ3) is 4.92. The largest absolute Gasteiger partial charge is 0.457 e. The van der Waals surface area contributed by atoms with Gasteiger partial charge in [0.15, 0.2) is 0 Å². The first-order valence-corrected chi connectivity index (χ1v) is 20.8. The van der Waals surface area contributed by atoms with E-state index in [4.69, 9.17) is 4.74 Å². The van der Waals surface area contributed by atoms with E-state index in [-0.39, 0.29) is 16.2 Å². The van der Waals surface area contributed by atoms with Crippen LogP contribution in [0.1, 0.15) is 88.5 Å². The summed E-state index contributed by atoms with van der Waals surface area (Å²) in [6.07, 6.45) is 7.83. The van der Waals surface area contributed by atoms with Crippen molar-refractivity contribution in [3.05, 3.63) is 162 Å². The lowest BCUT2D eigenvalue weighted by atomic mass is 9.56. The summed E-state index contributed by atoms with van der Waals surface area (Å²) < 4.78 is 6.94. The Labute approximate surface area is 327 Å². The van der Waals surface area contributed by atoms with Gasteiger partial charge in [-0.15, -0.1) is 0 Å². The third-order valence-corrected chi connectivity index (χ3v) is 15.0. The molecule has 0 saturated heterocycles. The Bertz CT molecular complexity index is 2440. The van der Waals surface area contributed by atoms with Gasteiger partial charge in [-0.3, -0.25) is 0 Å². The van der Waals surface area contributed by atoms with Gasteiger partial charge in [-0.25, -0.2) is 0 Å². The molecule has 0 amide bonds. The summed E-state index contributed by atoms with van der Waals surface area (Å²) in [5, 5.41) is 0. The van der Waals surface area contributed by atoms with Crippen LogP contribution in [0.15, 0.2) is 140 Å². The second kappa shape index (κ2) is 12.0. The molecule has 6 aromatic carbocycles. The van der Waals surface area contributed by atoms with Crippen molar-refractivity contribution in [1.29, 1.82) is 0 Å². The lowest BCUT2D eigenvalue weighted by Gasteiger charge is -2.50. The minimum Gasteiger partial charge on any atom is -0.457 e. The van der Waals surface area contributed by atoms with E-state index in [1.165, 1.54) is 100 Å². The van der Waals surface area contributed by atoms with E-state index >= 15 is 0 Å². The van der Waals surface area contributed by atoms with Crippen LogP contribution in [0.3, 0.4) is 0 Å². The SMILES string of the molecule is CC1(C)CCC(C)(C)c2cc(-c3ccc(N(c4ccc(-c5ccccc5)cc4)c4cccc5c4C4(c6ccccc6O5)C5CC6CC(C5)C4C6)cc3)ccc21. The van der Waals surface area contributed by atoms with Crippen LogP contribution in [0, 0.1) is 23.7 Å². The van der Waals surface area contributed by atoms with Gasteiger partial charge in [0.25, 0.3) is 0 Å². The maximum atomic E-state index is 6.94. The number of benzene rings is 6. The van der Waals surface area contributed by atoms with Crippen LogP contribution in [0.2, 0.25) is 0 Å². The van der Waals surface area contributed by atoms with Crippen LogP contribution >= 0.6 is 0 Å². The molecule has 0 N–H and O–H groups in total. The number of nitrogens with zero attached hydrogens (tertiary/aromatic N) is 1. The number of anilines is 3. The first kappa shape index (κ1) is 33.3. The van der Waals surface area contributed by atoms with E-state index in [1.807, 2.05) is 0 Å². The van der Waals surface area contributed by atoms with Gasteiger partial charge in [-0.05, 0) is 149 Å². The fourth-order valence-electron chi connectivity index (χ4n) is 12.4. The zero-order valence-electron chi connectivity index (χ0n) is 32.7. The van der Waals surface area contributed by atoms with Gasteiger partial charge in [0.1, 0.15) is 11.5 Å². The molecular formula is C53H51NO. The molecule has 5 atom stereocenters. The summed E-state index contributed by atoms with van der Waals surface area (Å²) in [5.41, 5.74) is 14.8. The first-order valence-electron chi connectivity index (χ1n) is 20.8. The summed E-state index contributed by atoms with van der Waals surface area (Å²) in [5.74, 6) is 5.03. The van der Waals surface area contributed by atoms with Crippen LogP contribution in [-0.4, -0.2) is 0 Å². The lowest BCUT2D eigenvalue weighted by Crippen LogP contribution is -2.44. The van der Waals surface area contributed by atoms with Crippen LogP contribution in [0.5, 0.6) is 11.5 Å². The predicted octanol–water partition coefficient (Wildman–Crippen LogP) is 14.3. The Morgan fingerprint density at radius 1 is 0.509 bits per heavy atom. The minimum atomic E-state index is -0.0513. The molecule has 55 heavy (non-hydrogen) atoms. The number of hydrogen-bond donors (Lipinski definition) is 0. The van der Waals surface area contributed by atoms with Crippen molar-refractivity contribution in [3.8, 4) is 33.8 Å². The molecular weight excluding hydrogens is 667 g/mol. The van der Waals surface area contributed by atoms with Gasteiger partial charge in [0.05, 0.1) is 5.69 Å². The molecule has 1 spiro atoms. The Morgan fingerprint density at radius 2 is 1.13 bits per heavy atom. The highest BCUT2D eigenvalue weighted by molar-refractivity contribution is 5.85. The van der Waals surface area contributed by atoms with Crippen molar-refractivity contribution in [2.75, 3.05) is 4.90 Å². The van der Waals surface area contributed by atoms with Gasteiger partial charge in [0, 0.05) is 27.9 Å². The van der Waals surface area contributed by atoms with Gasteiger partial charge in [-0.1, -0.05) is 125 Å². The van der Waals surface area contributed by atoms with E-state index in [1.54, 1.807) is 0 Å². The standard InChI is InChI=1S/C53H51NO/c1-51(2)27-28-52(3,4)46-33-38(21-26-43(46)51)37-19-24-42(25-20-37)54(41-22-17-36(18-23-41)35-11-6-5-7-12-35)47-14-10-16-49-50(47)53(44-13-8-9-15-48(44)55-49)40-30-34-29-39(32-40)45(53)31-34/h5-26,33-34,39-40,45H,27-32H2,1-4H3. The van der Waals surface area contributed by atoms with Crippen molar-refractivity contribution in [3.63, 3.8) is 0 Å². The molecule has 5 aliphatic carbocycles. The third-order valence-electron chi connectivity index (χ3n) is 15.0. The quantitative estimate of drug-likeness (QED) is 0.176. The molecule has 4 bridgehead atoms. The molecule has 0 aromatic heterocycles. The molecule has 6 aromatic rings. The maximum Gasteiger partial charge on any atom is 0.133 e. The Morgan fingerprint density at radius 3 is 1.85 bits per heavy atom. The van der Waals surface area contributed by atoms with Crippen LogP contribution < -0.4 is 9.64 Å². The van der Waals surface area contributed by atoms with Gasteiger partial charge in [0.2, 0.25) is 0 Å². The zero-order chi connectivity index (χ0) is 37.1. The lowest BCUT2D eigenvalue weighted by molar-refractivity contribution is 0.174. The molecule has 0 radical (unpaired) electrons. The van der Waals surface area contributed by atoms with Crippen molar-refractivity contribution in [1.82, 2.24) is 0 Å². The molecule has 4 fully saturated rings. The smallest absolute Gasteiger partial charge is 0.133 e. The Hall–Kier alpha value is -5.08. The predicted molar refractivity (Wildman–Crippen MR) is 227 cm³/mol. The Balaban J connectivity index is 1.08. The van der Waals surface area contributed by atoms with Crippen molar-refractivity contribution >= 4 is 17.1 Å². The number of fused-ring (bicyclic) bond motifs is 3. The molecule has 2 nitrogen and oxygen atoms in total. The molecule has 4 saturated carbocycles. The van der Waals surface area contributed by atoms with E-state index in [2.05, 4.69) is 172 Å². The topological polar surface area (TPSA) is 12.5 Å². The fraction of sp³-hybridized carbons (Fsp3) is 0.321. The van der Waals surface area contributed by atoms with Crippen molar-refractivity contribution < 1.29 is 4.74 Å². The summed E-state index contributed by atoms with van der Waals surface area (Å²) in [6.45, 7) is 9.67. The Kier molecular flexibility index (Phi) is 7.23. The molecule has 1 aliphatic heterocycles. The molecule has 5 unspecified atom stereocenters. The highest BCUT2D eigenvalue weighted by Gasteiger charge is 2.66. The first-order chi connectivity index (χ1) is 26.7. The minimum absolute atomic E-state index is 0.0513. The van der Waals surface area contributed by atoms with Crippen LogP contribution in [0.25, 0.3) is 22.3 Å². The number of ether oxygens (including phenoxy) is 1. The average molecular weight is 718 g/mol. The molecule has 1 heterocycles. The van der Waals surface area contributed by atoms with Crippen LogP contribution in [0.4, 0.5) is 17.1 Å². The molecule has 2 heteroatoms. The second-order valence-corrected chi connectivity index (χ2v) is 18.8. The van der Waals surface area contributed by atoms with Crippen molar-refractivity contribution in [2.45, 2.75) is 82.5 Å². The summed E-state index contributed by atoms with van der Waals surface area (Å²) in [4.78, 5) is 2.54. The number of rotatable bonds is 5. The highest BCUT2D eigenvalue weighted by atomic mass is 16.5. The summed E-state index contributed by atoms with van der Waals surface area (Å²) >= 11 is 0. The fourth-order valence-corrected chi connectivity index (χ4v) is 12.4. The number of hydrogen-bond acceptors (Lipinski definition) is 2. The van der Waals surface area contributed by atoms with E-state index in [0.717, 1.165) is 23.3 Å². The van der Waals surface area contributed by atoms with E-state index in [9.17, 15) is 0 Å². The molecule has 12 rings (SSSR count). The normalized spacial score (nSPS) is 25.9. The summed E-state index contributed by atoms with van der Waals surface area (Å²) in [6, 6.07) is 52.5.